The Hall–Kier alpha value is -1.94. The summed E-state index contributed by atoms with van der Waals surface area (Å²) in [5, 5.41) is 0. The maximum absolute atomic E-state index is 11.2. The molecule has 0 fully saturated rings. The van der Waals surface area contributed by atoms with Gasteiger partial charge >= 0.3 is 0 Å². The fourth-order valence-electron chi connectivity index (χ4n) is 1.56. The monoisotopic (exact) mass is 230 g/mol. The van der Waals surface area contributed by atoms with Gasteiger partial charge in [0, 0.05) is 6.07 Å². The third-order valence-electron chi connectivity index (χ3n) is 2.27. The number of benzene rings is 1. The first-order chi connectivity index (χ1) is 8.24. The maximum Gasteiger partial charge on any atom is 0.251 e. The van der Waals surface area contributed by atoms with Crippen LogP contribution in [0.2, 0.25) is 0 Å². The second kappa shape index (κ2) is 5.41. The van der Waals surface area contributed by atoms with E-state index in [1.165, 1.54) is 6.07 Å². The van der Waals surface area contributed by atoms with Crippen LogP contribution in [-0.4, -0.2) is 9.97 Å². The zero-order chi connectivity index (χ0) is 12.1. The summed E-state index contributed by atoms with van der Waals surface area (Å²) in [4.78, 5) is 18.0. The van der Waals surface area contributed by atoms with E-state index in [2.05, 4.69) is 9.97 Å². The first-order valence-electron chi connectivity index (χ1n) is 5.42. The van der Waals surface area contributed by atoms with Crippen molar-refractivity contribution in [3.8, 4) is 0 Å². The summed E-state index contributed by atoms with van der Waals surface area (Å²) in [5.41, 5.74) is 1.62. The highest BCUT2D eigenvalue weighted by atomic mass is 16.5. The van der Waals surface area contributed by atoms with Gasteiger partial charge in [-0.3, -0.25) is 4.79 Å². The van der Waals surface area contributed by atoms with Gasteiger partial charge in [0.05, 0.1) is 18.9 Å². The number of ether oxygens (including phenoxy) is 1. The van der Waals surface area contributed by atoms with Gasteiger partial charge in [0.1, 0.15) is 5.82 Å². The van der Waals surface area contributed by atoms with Crippen LogP contribution in [0.5, 0.6) is 0 Å². The van der Waals surface area contributed by atoms with Crippen molar-refractivity contribution in [1.29, 1.82) is 0 Å². The Bertz CT molecular complexity index is 535. The molecule has 0 radical (unpaired) electrons. The van der Waals surface area contributed by atoms with Crippen molar-refractivity contribution in [3.63, 3.8) is 0 Å². The lowest BCUT2D eigenvalue weighted by atomic mass is 10.2. The van der Waals surface area contributed by atoms with E-state index >= 15 is 0 Å². The summed E-state index contributed by atoms with van der Waals surface area (Å²) in [6, 6.07) is 11.3. The van der Waals surface area contributed by atoms with Crippen molar-refractivity contribution < 1.29 is 4.74 Å². The van der Waals surface area contributed by atoms with E-state index in [9.17, 15) is 4.79 Å². The number of nitrogens with zero attached hydrogens (tertiary/aromatic N) is 1. The first-order valence-corrected chi connectivity index (χ1v) is 5.42. The normalized spacial score (nSPS) is 10.4. The van der Waals surface area contributed by atoms with Gasteiger partial charge in [0.15, 0.2) is 0 Å². The highest BCUT2D eigenvalue weighted by Gasteiger charge is 1.99. The van der Waals surface area contributed by atoms with Crippen LogP contribution in [0.25, 0.3) is 0 Å². The van der Waals surface area contributed by atoms with Crippen molar-refractivity contribution in [2.75, 3.05) is 0 Å². The molecule has 1 heterocycles. The van der Waals surface area contributed by atoms with Gasteiger partial charge in [-0.15, -0.1) is 0 Å². The summed E-state index contributed by atoms with van der Waals surface area (Å²) in [5.74, 6) is 0.607. The Morgan fingerprint density at radius 3 is 2.71 bits per heavy atom. The molecule has 1 aromatic carbocycles. The number of rotatable bonds is 4. The number of H-pyrrole nitrogens is 1. The average Bonchev–Trinajstić information content (AvgIpc) is 2.29. The van der Waals surface area contributed by atoms with Crippen LogP contribution in [0.15, 0.2) is 41.2 Å². The lowest BCUT2D eigenvalue weighted by molar-refractivity contribution is 0.104. The molecular weight excluding hydrogens is 216 g/mol. The van der Waals surface area contributed by atoms with Gasteiger partial charge in [0.25, 0.3) is 5.56 Å². The Kier molecular flexibility index (Phi) is 3.67. The molecule has 4 heteroatoms. The highest BCUT2D eigenvalue weighted by Crippen LogP contribution is 2.03. The predicted molar refractivity (Wildman–Crippen MR) is 64.5 cm³/mol. The summed E-state index contributed by atoms with van der Waals surface area (Å²) in [7, 11) is 0. The SMILES string of the molecule is Cc1nc(COCc2ccccc2)cc(=O)[nH]1. The molecule has 4 nitrogen and oxygen atoms in total. The molecule has 0 aliphatic heterocycles. The van der Waals surface area contributed by atoms with E-state index in [4.69, 9.17) is 4.74 Å². The van der Waals surface area contributed by atoms with Gasteiger partial charge in [-0.1, -0.05) is 30.3 Å². The van der Waals surface area contributed by atoms with Crippen molar-refractivity contribution in [2.45, 2.75) is 20.1 Å². The summed E-state index contributed by atoms with van der Waals surface area (Å²) in [6.07, 6.45) is 0. The molecule has 0 unspecified atom stereocenters. The van der Waals surface area contributed by atoms with Crippen LogP contribution in [-0.2, 0) is 18.0 Å². The molecule has 0 bridgehead atoms. The average molecular weight is 230 g/mol. The highest BCUT2D eigenvalue weighted by molar-refractivity contribution is 5.13. The van der Waals surface area contributed by atoms with Crippen LogP contribution >= 0.6 is 0 Å². The zero-order valence-corrected chi connectivity index (χ0v) is 9.64. The number of nitrogens with one attached hydrogen (secondary N) is 1. The Balaban J connectivity index is 1.92. The van der Waals surface area contributed by atoms with Crippen LogP contribution in [0.3, 0.4) is 0 Å². The summed E-state index contributed by atoms with van der Waals surface area (Å²) < 4.78 is 5.50. The number of aromatic nitrogens is 2. The van der Waals surface area contributed by atoms with Crippen molar-refractivity contribution >= 4 is 0 Å². The number of aromatic amines is 1. The lowest BCUT2D eigenvalue weighted by Gasteiger charge is -2.04. The van der Waals surface area contributed by atoms with Gasteiger partial charge in [-0.05, 0) is 12.5 Å². The van der Waals surface area contributed by atoms with Gasteiger partial charge < -0.3 is 9.72 Å². The van der Waals surface area contributed by atoms with Crippen LogP contribution in [0.1, 0.15) is 17.1 Å². The molecule has 2 rings (SSSR count). The Labute approximate surface area is 99.3 Å². The number of hydrogen-bond donors (Lipinski definition) is 1. The molecule has 0 amide bonds. The minimum absolute atomic E-state index is 0.143. The molecule has 1 aromatic heterocycles. The van der Waals surface area contributed by atoms with Crippen LogP contribution in [0.4, 0.5) is 0 Å². The van der Waals surface area contributed by atoms with E-state index in [0.29, 0.717) is 24.7 Å². The molecule has 0 aliphatic rings. The molecule has 0 saturated heterocycles. The lowest BCUT2D eigenvalue weighted by Crippen LogP contribution is -2.11. The van der Waals surface area contributed by atoms with Crippen LogP contribution in [0, 0.1) is 6.92 Å². The molecule has 88 valence electrons. The summed E-state index contributed by atoms with van der Waals surface area (Å²) in [6.45, 7) is 2.62. The molecule has 1 N–H and O–H groups in total. The van der Waals surface area contributed by atoms with E-state index < -0.39 is 0 Å². The standard InChI is InChI=1S/C13H14N2O2/c1-10-14-12(7-13(16)15-10)9-17-8-11-5-3-2-4-6-11/h2-7H,8-9H2,1H3,(H,14,15,16). The van der Waals surface area contributed by atoms with Crippen molar-refractivity contribution in [1.82, 2.24) is 9.97 Å². The largest absolute Gasteiger partial charge is 0.370 e. The second-order valence-electron chi connectivity index (χ2n) is 3.80. The van der Waals surface area contributed by atoms with Gasteiger partial charge in [0.2, 0.25) is 0 Å². The third kappa shape index (κ3) is 3.53. The molecule has 0 spiro atoms. The minimum atomic E-state index is -0.143. The topological polar surface area (TPSA) is 55.0 Å². The fraction of sp³-hybridized carbons (Fsp3) is 0.231. The molecule has 2 aromatic rings. The molecular formula is C13H14N2O2. The maximum atomic E-state index is 11.2. The van der Waals surface area contributed by atoms with E-state index in [0.717, 1.165) is 5.56 Å². The molecule has 0 saturated carbocycles. The smallest absolute Gasteiger partial charge is 0.251 e. The molecule has 0 atom stereocenters. The zero-order valence-electron chi connectivity index (χ0n) is 9.64. The van der Waals surface area contributed by atoms with Gasteiger partial charge in [-0.2, -0.15) is 0 Å². The quantitative estimate of drug-likeness (QED) is 0.871. The first kappa shape index (κ1) is 11.5. The fourth-order valence-corrected chi connectivity index (χ4v) is 1.56. The van der Waals surface area contributed by atoms with Crippen molar-refractivity contribution in [2.24, 2.45) is 0 Å². The van der Waals surface area contributed by atoms with Gasteiger partial charge in [-0.25, -0.2) is 4.98 Å². The minimum Gasteiger partial charge on any atom is -0.370 e. The molecule has 0 aliphatic carbocycles. The number of aryl methyl sites for hydroxylation is 1. The predicted octanol–water partition coefficient (Wildman–Crippen LogP) is 1.80. The van der Waals surface area contributed by atoms with E-state index in [1.807, 2.05) is 30.3 Å². The van der Waals surface area contributed by atoms with E-state index in [1.54, 1.807) is 6.92 Å². The van der Waals surface area contributed by atoms with Crippen LogP contribution < -0.4 is 5.56 Å². The Morgan fingerprint density at radius 1 is 1.24 bits per heavy atom. The van der Waals surface area contributed by atoms with Crippen molar-refractivity contribution in [3.05, 3.63) is 63.8 Å². The third-order valence-corrected chi connectivity index (χ3v) is 2.27. The second-order valence-corrected chi connectivity index (χ2v) is 3.80. The Morgan fingerprint density at radius 2 is 2.00 bits per heavy atom. The number of hydrogen-bond acceptors (Lipinski definition) is 3. The van der Waals surface area contributed by atoms with E-state index in [-0.39, 0.29) is 5.56 Å². The molecule has 17 heavy (non-hydrogen) atoms. The summed E-state index contributed by atoms with van der Waals surface area (Å²) >= 11 is 0.